The summed E-state index contributed by atoms with van der Waals surface area (Å²) in [4.78, 5) is 18.1. The second-order valence-electron chi connectivity index (χ2n) is 5.19. The molecule has 0 unspecified atom stereocenters. The van der Waals surface area contributed by atoms with E-state index in [1.807, 2.05) is 50.2 Å². The molecular weight excluding hydrogens is 276 g/mol. The van der Waals surface area contributed by atoms with Crippen molar-refractivity contribution >= 4 is 17.3 Å². The topological polar surface area (TPSA) is 57.3 Å². The van der Waals surface area contributed by atoms with Gasteiger partial charge in [-0.15, -0.1) is 0 Å². The van der Waals surface area contributed by atoms with Crippen molar-refractivity contribution in [3.8, 4) is 0 Å². The Hall–Kier alpha value is -2.82. The molecule has 1 aromatic carbocycles. The van der Waals surface area contributed by atoms with Crippen LogP contribution in [0.25, 0.3) is 5.70 Å². The van der Waals surface area contributed by atoms with E-state index in [0.29, 0.717) is 11.3 Å². The third-order valence-corrected chi connectivity index (χ3v) is 3.23. The third kappa shape index (κ3) is 3.85. The molecule has 1 aromatic heterocycles. The number of benzene rings is 1. The average molecular weight is 296 g/mol. The summed E-state index contributed by atoms with van der Waals surface area (Å²) in [5.74, 6) is -0.251. The van der Waals surface area contributed by atoms with Gasteiger partial charge in [-0.05, 0) is 36.8 Å². The number of carbonyl (C=O) groups excluding carboxylic acids is 1. The highest BCUT2D eigenvalue weighted by atomic mass is 16.2. The van der Waals surface area contributed by atoms with Crippen molar-refractivity contribution in [3.63, 3.8) is 0 Å². The van der Waals surface area contributed by atoms with Gasteiger partial charge in [-0.25, -0.2) is 0 Å². The Morgan fingerprint density at radius 1 is 1.05 bits per heavy atom. The van der Waals surface area contributed by atoms with Crippen molar-refractivity contribution in [1.82, 2.24) is 15.8 Å². The van der Waals surface area contributed by atoms with Gasteiger partial charge in [0.05, 0.1) is 11.3 Å². The van der Waals surface area contributed by atoms with Crippen molar-refractivity contribution in [1.29, 1.82) is 0 Å². The van der Waals surface area contributed by atoms with Crippen LogP contribution in [0, 0.1) is 6.92 Å². The van der Waals surface area contributed by atoms with E-state index in [1.54, 1.807) is 18.3 Å². The molecule has 1 amide bonds. The molecule has 114 valence electrons. The van der Waals surface area contributed by atoms with Crippen LogP contribution in [0.15, 0.2) is 49.2 Å². The normalized spacial score (nSPS) is 9.95. The molecule has 1 heterocycles. The summed E-state index contributed by atoms with van der Waals surface area (Å²) in [5, 5.41) is 0. The van der Waals surface area contributed by atoms with Gasteiger partial charge in [-0.1, -0.05) is 18.7 Å². The Morgan fingerprint density at radius 2 is 1.68 bits per heavy atom. The lowest BCUT2D eigenvalue weighted by Crippen LogP contribution is -2.35. The number of nitrogens with zero attached hydrogens (tertiary/aromatic N) is 2. The van der Waals surface area contributed by atoms with Gasteiger partial charge in [0.25, 0.3) is 5.91 Å². The van der Waals surface area contributed by atoms with Crippen molar-refractivity contribution in [2.24, 2.45) is 0 Å². The minimum atomic E-state index is -0.251. The van der Waals surface area contributed by atoms with Crippen LogP contribution in [0.3, 0.4) is 0 Å². The molecule has 0 saturated heterocycles. The van der Waals surface area contributed by atoms with Crippen LogP contribution in [-0.4, -0.2) is 25.0 Å². The molecule has 0 radical (unpaired) electrons. The quantitative estimate of drug-likeness (QED) is 0.832. The highest BCUT2D eigenvalue weighted by molar-refractivity contribution is 5.94. The summed E-state index contributed by atoms with van der Waals surface area (Å²) in [7, 11) is 3.97. The third-order valence-electron chi connectivity index (χ3n) is 3.23. The zero-order valence-corrected chi connectivity index (χ0v) is 13.1. The van der Waals surface area contributed by atoms with Gasteiger partial charge in [-0.2, -0.15) is 0 Å². The van der Waals surface area contributed by atoms with Gasteiger partial charge in [-0.3, -0.25) is 20.6 Å². The van der Waals surface area contributed by atoms with Gasteiger partial charge in [0.2, 0.25) is 0 Å². The maximum absolute atomic E-state index is 12.0. The van der Waals surface area contributed by atoms with Crippen molar-refractivity contribution < 1.29 is 4.79 Å². The zero-order chi connectivity index (χ0) is 16.1. The molecular formula is C17H20N4O. The molecule has 5 heteroatoms. The summed E-state index contributed by atoms with van der Waals surface area (Å²) < 4.78 is 0. The number of rotatable bonds is 5. The number of hydrazine groups is 1. The number of hydrogen-bond donors (Lipinski definition) is 2. The Bertz CT molecular complexity index is 660. The van der Waals surface area contributed by atoms with Crippen LogP contribution in [0.1, 0.15) is 21.6 Å². The van der Waals surface area contributed by atoms with Crippen molar-refractivity contribution in [2.75, 3.05) is 19.0 Å². The van der Waals surface area contributed by atoms with E-state index in [0.717, 1.165) is 16.9 Å². The fourth-order valence-electron chi connectivity index (χ4n) is 1.84. The second kappa shape index (κ2) is 6.76. The lowest BCUT2D eigenvalue weighted by molar-refractivity contribution is 0.0942. The Balaban J connectivity index is 1.94. The molecule has 0 fully saturated rings. The van der Waals surface area contributed by atoms with E-state index >= 15 is 0 Å². The van der Waals surface area contributed by atoms with E-state index in [4.69, 9.17) is 0 Å². The van der Waals surface area contributed by atoms with Crippen molar-refractivity contribution in [3.05, 3.63) is 66.0 Å². The molecule has 2 aromatic rings. The number of hydrogen-bond acceptors (Lipinski definition) is 4. The van der Waals surface area contributed by atoms with Crippen LogP contribution in [0.5, 0.6) is 0 Å². The molecule has 0 aliphatic heterocycles. The van der Waals surface area contributed by atoms with Crippen LogP contribution >= 0.6 is 0 Å². The van der Waals surface area contributed by atoms with E-state index in [1.165, 1.54) is 0 Å². The number of aryl methyl sites for hydroxylation is 1. The number of anilines is 1. The standard InChI is InChI=1S/C17H20N4O/c1-12-5-6-15(11-18-12)17(22)20-19-13(2)14-7-9-16(10-8-14)21(3)4/h5-11,19H,2H2,1,3-4H3,(H,20,22). The van der Waals surface area contributed by atoms with Crippen LogP contribution in [0.4, 0.5) is 5.69 Å². The van der Waals surface area contributed by atoms with Gasteiger partial charge in [0.1, 0.15) is 0 Å². The zero-order valence-electron chi connectivity index (χ0n) is 13.1. The van der Waals surface area contributed by atoms with E-state index in [9.17, 15) is 4.79 Å². The minimum Gasteiger partial charge on any atom is -0.378 e. The first-order valence-electron chi connectivity index (χ1n) is 6.93. The number of pyridine rings is 1. The molecule has 0 saturated carbocycles. The van der Waals surface area contributed by atoms with E-state index in [2.05, 4.69) is 22.4 Å². The first-order chi connectivity index (χ1) is 10.5. The van der Waals surface area contributed by atoms with E-state index < -0.39 is 0 Å². The Labute approximate surface area is 130 Å². The summed E-state index contributed by atoms with van der Waals surface area (Å²) in [6.07, 6.45) is 1.54. The van der Waals surface area contributed by atoms with Gasteiger partial charge in [0.15, 0.2) is 0 Å². The lowest BCUT2D eigenvalue weighted by atomic mass is 10.1. The predicted molar refractivity (Wildman–Crippen MR) is 89.4 cm³/mol. The Kier molecular flexibility index (Phi) is 4.78. The summed E-state index contributed by atoms with van der Waals surface area (Å²) >= 11 is 0. The molecule has 22 heavy (non-hydrogen) atoms. The molecule has 2 N–H and O–H groups in total. The molecule has 0 aliphatic rings. The van der Waals surface area contributed by atoms with Gasteiger partial charge < -0.3 is 4.90 Å². The number of carbonyl (C=O) groups is 1. The number of aromatic nitrogens is 1. The Morgan fingerprint density at radius 3 is 2.23 bits per heavy atom. The molecule has 0 aliphatic carbocycles. The summed E-state index contributed by atoms with van der Waals surface area (Å²) in [6.45, 7) is 5.80. The molecule has 5 nitrogen and oxygen atoms in total. The number of nitrogens with one attached hydrogen (secondary N) is 2. The predicted octanol–water partition coefficient (Wildman–Crippen LogP) is 2.36. The monoisotopic (exact) mass is 296 g/mol. The highest BCUT2D eigenvalue weighted by Gasteiger charge is 2.06. The lowest BCUT2D eigenvalue weighted by Gasteiger charge is -2.14. The fourth-order valence-corrected chi connectivity index (χ4v) is 1.84. The maximum atomic E-state index is 12.0. The molecule has 0 bridgehead atoms. The van der Waals surface area contributed by atoms with E-state index in [-0.39, 0.29) is 5.91 Å². The SMILES string of the molecule is C=C(NNC(=O)c1ccc(C)nc1)c1ccc(N(C)C)cc1. The largest absolute Gasteiger partial charge is 0.378 e. The van der Waals surface area contributed by atoms with Crippen LogP contribution in [-0.2, 0) is 0 Å². The van der Waals surface area contributed by atoms with Crippen LogP contribution < -0.4 is 15.8 Å². The first kappa shape index (κ1) is 15.6. The molecule has 0 atom stereocenters. The summed E-state index contributed by atoms with van der Waals surface area (Å²) in [6, 6.07) is 11.4. The molecule has 2 rings (SSSR count). The first-order valence-corrected chi connectivity index (χ1v) is 6.93. The van der Waals surface area contributed by atoms with Gasteiger partial charge >= 0.3 is 0 Å². The smallest absolute Gasteiger partial charge is 0.271 e. The average Bonchev–Trinajstić information content (AvgIpc) is 2.53. The maximum Gasteiger partial charge on any atom is 0.271 e. The summed E-state index contributed by atoms with van der Waals surface area (Å²) in [5.41, 5.74) is 9.44. The fraction of sp³-hybridized carbons (Fsp3) is 0.176. The van der Waals surface area contributed by atoms with Crippen molar-refractivity contribution in [2.45, 2.75) is 6.92 Å². The van der Waals surface area contributed by atoms with Crippen LogP contribution in [0.2, 0.25) is 0 Å². The minimum absolute atomic E-state index is 0.251. The number of amides is 1. The highest BCUT2D eigenvalue weighted by Crippen LogP contribution is 2.15. The molecule has 0 spiro atoms. The van der Waals surface area contributed by atoms with Gasteiger partial charge in [0, 0.05) is 31.7 Å². The second-order valence-corrected chi connectivity index (χ2v) is 5.19.